The summed E-state index contributed by atoms with van der Waals surface area (Å²) in [5.41, 5.74) is 1.44. The molecule has 0 radical (unpaired) electrons. The lowest BCUT2D eigenvalue weighted by atomic mass is 10.1. The number of carbonyl (C=O) groups excluding carboxylic acids is 2. The molecule has 1 aromatic heterocycles. The monoisotopic (exact) mass is 354 g/mol. The maximum Gasteiger partial charge on any atom is 0.229 e. The Kier molecular flexibility index (Phi) is 4.44. The number of amides is 2. The van der Waals surface area contributed by atoms with Crippen molar-refractivity contribution in [2.75, 3.05) is 11.9 Å². The molecule has 7 heteroatoms. The van der Waals surface area contributed by atoms with Crippen LogP contribution >= 0.6 is 0 Å². The van der Waals surface area contributed by atoms with Gasteiger partial charge in [0.15, 0.2) is 0 Å². The maximum absolute atomic E-state index is 12.6. The number of benzene rings is 1. The topological polar surface area (TPSA) is 88.3 Å². The molecular weight excluding hydrogens is 332 g/mol. The number of nitrogens with one attached hydrogen (secondary N) is 1. The van der Waals surface area contributed by atoms with E-state index in [-0.39, 0.29) is 17.7 Å². The van der Waals surface area contributed by atoms with Crippen molar-refractivity contribution < 1.29 is 14.1 Å². The smallest absolute Gasteiger partial charge is 0.229 e. The third kappa shape index (κ3) is 3.34. The van der Waals surface area contributed by atoms with Gasteiger partial charge in [-0.15, -0.1) is 0 Å². The fourth-order valence-corrected chi connectivity index (χ4v) is 3.87. The molecule has 1 aliphatic heterocycles. The first-order valence-corrected chi connectivity index (χ1v) is 9.11. The molecule has 4 rings (SSSR count). The van der Waals surface area contributed by atoms with Crippen molar-refractivity contribution in [1.29, 1.82) is 0 Å². The Hall–Kier alpha value is -2.70. The van der Waals surface area contributed by atoms with E-state index in [9.17, 15) is 9.59 Å². The summed E-state index contributed by atoms with van der Waals surface area (Å²) in [6.45, 7) is 2.26. The van der Waals surface area contributed by atoms with Gasteiger partial charge in [0.1, 0.15) is 0 Å². The summed E-state index contributed by atoms with van der Waals surface area (Å²) in [4.78, 5) is 31.0. The highest BCUT2D eigenvalue weighted by molar-refractivity contribution is 5.97. The first-order valence-electron chi connectivity index (χ1n) is 9.11. The quantitative estimate of drug-likeness (QED) is 0.912. The molecule has 2 aliphatic rings. The summed E-state index contributed by atoms with van der Waals surface area (Å²) in [6.07, 6.45) is 4.77. The Labute approximate surface area is 151 Å². The van der Waals surface area contributed by atoms with Crippen LogP contribution in [0.25, 0.3) is 11.4 Å². The van der Waals surface area contributed by atoms with Gasteiger partial charge in [0.25, 0.3) is 0 Å². The first-order chi connectivity index (χ1) is 12.6. The van der Waals surface area contributed by atoms with Crippen molar-refractivity contribution in [3.63, 3.8) is 0 Å². The van der Waals surface area contributed by atoms with Gasteiger partial charge < -0.3 is 14.7 Å². The number of aryl methyl sites for hydroxylation is 1. The first kappa shape index (κ1) is 16.8. The predicted molar refractivity (Wildman–Crippen MR) is 95.2 cm³/mol. The van der Waals surface area contributed by atoms with Gasteiger partial charge >= 0.3 is 0 Å². The Balaban J connectivity index is 1.43. The number of carbonyl (C=O) groups is 2. The minimum atomic E-state index is -0.292. The number of hydrogen-bond donors (Lipinski definition) is 1. The molecule has 1 saturated carbocycles. The third-order valence-electron chi connectivity index (χ3n) is 5.21. The summed E-state index contributed by atoms with van der Waals surface area (Å²) in [5, 5.41) is 6.83. The van der Waals surface area contributed by atoms with Crippen molar-refractivity contribution in [3.05, 3.63) is 30.2 Å². The molecule has 1 atom stereocenters. The van der Waals surface area contributed by atoms with Crippen LogP contribution in [0.4, 0.5) is 5.69 Å². The van der Waals surface area contributed by atoms with Gasteiger partial charge in [0.05, 0.1) is 5.92 Å². The van der Waals surface area contributed by atoms with Crippen molar-refractivity contribution in [1.82, 2.24) is 15.0 Å². The largest absolute Gasteiger partial charge is 0.339 e. The summed E-state index contributed by atoms with van der Waals surface area (Å²) in [7, 11) is 0. The molecule has 7 nitrogen and oxygen atoms in total. The van der Waals surface area contributed by atoms with Crippen LogP contribution < -0.4 is 5.32 Å². The second-order valence-electron chi connectivity index (χ2n) is 7.09. The van der Waals surface area contributed by atoms with Gasteiger partial charge in [0, 0.05) is 37.2 Å². The fraction of sp³-hybridized carbons (Fsp3) is 0.474. The SMILES string of the molecule is Cc1nc(-c2cccc(NC(=O)[C@@H]3CC(=O)N(C4CCCC4)C3)c2)no1. The highest BCUT2D eigenvalue weighted by atomic mass is 16.5. The van der Waals surface area contributed by atoms with E-state index in [4.69, 9.17) is 4.52 Å². The number of rotatable bonds is 4. The standard InChI is InChI=1S/C19H22N4O3/c1-12-20-18(22-26-12)13-5-4-6-15(9-13)21-19(25)14-10-17(24)23(11-14)16-7-2-3-8-16/h4-6,9,14,16H,2-3,7-8,10-11H2,1H3,(H,21,25)/t14-/m1/s1. The van der Waals surface area contributed by atoms with E-state index < -0.39 is 0 Å². The van der Waals surface area contributed by atoms with E-state index >= 15 is 0 Å². The highest BCUT2D eigenvalue weighted by Gasteiger charge is 2.38. The molecule has 1 saturated heterocycles. The summed E-state index contributed by atoms with van der Waals surface area (Å²) < 4.78 is 5.00. The van der Waals surface area contributed by atoms with E-state index in [0.717, 1.165) is 18.4 Å². The van der Waals surface area contributed by atoms with Crippen LogP contribution in [0.3, 0.4) is 0 Å². The summed E-state index contributed by atoms with van der Waals surface area (Å²) in [6, 6.07) is 7.65. The number of aromatic nitrogens is 2. The second kappa shape index (κ2) is 6.90. The van der Waals surface area contributed by atoms with Crippen LogP contribution in [0, 0.1) is 12.8 Å². The van der Waals surface area contributed by atoms with Gasteiger partial charge in [0.2, 0.25) is 23.5 Å². The minimum Gasteiger partial charge on any atom is -0.339 e. The van der Waals surface area contributed by atoms with Crippen molar-refractivity contribution >= 4 is 17.5 Å². The molecule has 0 spiro atoms. The molecule has 1 aliphatic carbocycles. The Morgan fingerprint density at radius 3 is 2.85 bits per heavy atom. The Bertz CT molecular complexity index is 826. The minimum absolute atomic E-state index is 0.105. The molecule has 26 heavy (non-hydrogen) atoms. The zero-order valence-corrected chi connectivity index (χ0v) is 14.8. The van der Waals surface area contributed by atoms with E-state index in [1.54, 1.807) is 6.92 Å². The van der Waals surface area contributed by atoms with Crippen molar-refractivity contribution in [3.8, 4) is 11.4 Å². The van der Waals surface area contributed by atoms with Crippen molar-refractivity contribution in [2.45, 2.75) is 45.1 Å². The van der Waals surface area contributed by atoms with Crippen molar-refractivity contribution in [2.24, 2.45) is 5.92 Å². The summed E-state index contributed by atoms with van der Waals surface area (Å²) >= 11 is 0. The van der Waals surface area contributed by atoms with Crippen LogP contribution in [-0.4, -0.2) is 39.4 Å². The molecule has 1 N–H and O–H groups in total. The molecule has 2 aromatic rings. The lowest BCUT2D eigenvalue weighted by molar-refractivity contribution is -0.129. The molecule has 2 heterocycles. The third-order valence-corrected chi connectivity index (χ3v) is 5.21. The van der Waals surface area contributed by atoms with E-state index in [2.05, 4.69) is 15.5 Å². The van der Waals surface area contributed by atoms with Gasteiger partial charge in [-0.05, 0) is 25.0 Å². The van der Waals surface area contributed by atoms with Crippen LogP contribution in [0.5, 0.6) is 0 Å². The number of likely N-dealkylation sites (tertiary alicyclic amines) is 1. The lowest BCUT2D eigenvalue weighted by Gasteiger charge is -2.23. The van der Waals surface area contributed by atoms with Gasteiger partial charge in [-0.25, -0.2) is 0 Å². The number of nitrogens with zero attached hydrogens (tertiary/aromatic N) is 3. The van der Waals surface area contributed by atoms with E-state index in [0.29, 0.717) is 36.4 Å². The molecule has 2 fully saturated rings. The Morgan fingerprint density at radius 2 is 2.12 bits per heavy atom. The lowest BCUT2D eigenvalue weighted by Crippen LogP contribution is -2.35. The highest BCUT2D eigenvalue weighted by Crippen LogP contribution is 2.30. The second-order valence-corrected chi connectivity index (χ2v) is 7.09. The van der Waals surface area contributed by atoms with Crippen LogP contribution in [-0.2, 0) is 9.59 Å². The van der Waals surface area contributed by atoms with Gasteiger partial charge in [-0.3, -0.25) is 9.59 Å². The fourth-order valence-electron chi connectivity index (χ4n) is 3.87. The van der Waals surface area contributed by atoms with Crippen LogP contribution in [0.2, 0.25) is 0 Å². The average molecular weight is 354 g/mol. The van der Waals surface area contributed by atoms with Crippen LogP contribution in [0.15, 0.2) is 28.8 Å². The zero-order chi connectivity index (χ0) is 18.1. The van der Waals surface area contributed by atoms with Crippen LogP contribution in [0.1, 0.15) is 38.0 Å². The number of hydrogen-bond acceptors (Lipinski definition) is 5. The zero-order valence-electron chi connectivity index (χ0n) is 14.8. The molecule has 0 bridgehead atoms. The molecule has 0 unspecified atom stereocenters. The summed E-state index contributed by atoms with van der Waals surface area (Å²) in [5.74, 6) is 0.681. The maximum atomic E-state index is 12.6. The predicted octanol–water partition coefficient (Wildman–Crippen LogP) is 2.77. The number of anilines is 1. The molecule has 1 aromatic carbocycles. The van der Waals surface area contributed by atoms with E-state index in [1.165, 1.54) is 12.8 Å². The van der Waals surface area contributed by atoms with E-state index in [1.807, 2.05) is 29.2 Å². The molecule has 2 amide bonds. The molecule has 136 valence electrons. The van der Waals surface area contributed by atoms with Gasteiger partial charge in [-0.1, -0.05) is 30.1 Å². The average Bonchev–Trinajstić information content (AvgIpc) is 3.35. The molecular formula is C19H22N4O3. The normalized spacial score (nSPS) is 20.7. The van der Waals surface area contributed by atoms with Gasteiger partial charge in [-0.2, -0.15) is 4.98 Å². The Morgan fingerprint density at radius 1 is 1.31 bits per heavy atom.